The van der Waals surface area contributed by atoms with Crippen LogP contribution in [0.3, 0.4) is 0 Å². The Morgan fingerprint density at radius 3 is 3.08 bits per heavy atom. The summed E-state index contributed by atoms with van der Waals surface area (Å²) in [5.41, 5.74) is 0. The van der Waals surface area contributed by atoms with E-state index in [0.29, 0.717) is 16.8 Å². The maximum Gasteiger partial charge on any atom is 0.315 e. The van der Waals surface area contributed by atoms with Crippen molar-refractivity contribution in [1.29, 1.82) is 0 Å². The van der Waals surface area contributed by atoms with Gasteiger partial charge < -0.3 is 20.7 Å². The number of urea groups is 1. The molecule has 0 spiro atoms. The maximum atomic E-state index is 12.1. The third-order valence-electron chi connectivity index (χ3n) is 4.97. The number of ether oxygens (including phenoxy) is 1. The molecular weight excluding hydrogens is 374 g/mol. The summed E-state index contributed by atoms with van der Waals surface area (Å²) in [4.78, 5) is 23.5. The van der Waals surface area contributed by atoms with Crippen molar-refractivity contribution in [3.63, 3.8) is 0 Å². The van der Waals surface area contributed by atoms with E-state index in [9.17, 15) is 9.59 Å². The lowest BCUT2D eigenvalue weighted by Crippen LogP contribution is -2.36. The fraction of sp³-hybridized carbons (Fsp3) is 0.750. The highest BCUT2D eigenvalue weighted by atomic mass is 32.2. The van der Waals surface area contributed by atoms with E-state index in [2.05, 4.69) is 26.1 Å². The minimum Gasteiger partial charge on any atom is -0.371 e. The van der Waals surface area contributed by atoms with E-state index < -0.39 is 0 Å². The maximum absolute atomic E-state index is 12.1. The molecule has 26 heavy (non-hydrogen) atoms. The number of hydrogen-bond donors (Lipinski definition) is 3. The number of hydrogen-bond acceptors (Lipinski definition) is 7. The van der Waals surface area contributed by atoms with Crippen molar-refractivity contribution < 1.29 is 14.3 Å². The standard InChI is InChI=1S/C16H23N5O3S2/c22-12(18-16-21-20-14(26-16)10-4-3-7-24-10)6-2-1-5-11-13-9(8-25-11)17-15(23)19-13/h9-11,13H,1-8H2,(H2,17,19,23)(H,18,21,22). The van der Waals surface area contributed by atoms with Gasteiger partial charge in [-0.1, -0.05) is 17.8 Å². The molecule has 3 N–H and O–H groups in total. The second-order valence-electron chi connectivity index (χ2n) is 6.86. The number of amides is 3. The predicted octanol–water partition coefficient (Wildman–Crippen LogP) is 2.05. The van der Waals surface area contributed by atoms with E-state index in [-0.39, 0.29) is 30.1 Å². The Bertz CT molecular complexity index is 664. The molecule has 1 aromatic rings. The summed E-state index contributed by atoms with van der Waals surface area (Å²) < 4.78 is 5.58. The molecular formula is C16H23N5O3S2. The Labute approximate surface area is 160 Å². The predicted molar refractivity (Wildman–Crippen MR) is 100 cm³/mol. The molecule has 3 saturated heterocycles. The first kappa shape index (κ1) is 18.0. The third kappa shape index (κ3) is 4.12. The van der Waals surface area contributed by atoms with Crippen LogP contribution >= 0.6 is 23.1 Å². The van der Waals surface area contributed by atoms with Crippen LogP contribution < -0.4 is 16.0 Å². The first-order valence-electron chi connectivity index (χ1n) is 9.12. The Balaban J connectivity index is 1.15. The molecule has 8 nitrogen and oxygen atoms in total. The SMILES string of the molecule is O=C(CCCCC1SCC2NC(=O)NC21)Nc1nnc(C2CCCO2)s1. The van der Waals surface area contributed by atoms with Crippen molar-refractivity contribution >= 4 is 40.2 Å². The summed E-state index contributed by atoms with van der Waals surface area (Å²) >= 11 is 3.31. The van der Waals surface area contributed by atoms with Crippen LogP contribution in [0.25, 0.3) is 0 Å². The minimum absolute atomic E-state index is 0.0205. The van der Waals surface area contributed by atoms with Gasteiger partial charge in [0.15, 0.2) is 0 Å². The number of thioether (sulfide) groups is 1. The first-order valence-corrected chi connectivity index (χ1v) is 11.0. The number of unbranched alkanes of at least 4 members (excludes halogenated alkanes) is 1. The van der Waals surface area contributed by atoms with E-state index in [1.807, 2.05) is 11.8 Å². The van der Waals surface area contributed by atoms with Crippen LogP contribution in [-0.4, -0.2) is 51.8 Å². The summed E-state index contributed by atoms with van der Waals surface area (Å²) in [5.74, 6) is 0.950. The van der Waals surface area contributed by atoms with Gasteiger partial charge in [0.1, 0.15) is 11.1 Å². The number of anilines is 1. The van der Waals surface area contributed by atoms with Crippen LogP contribution in [0.2, 0.25) is 0 Å². The topological polar surface area (TPSA) is 105 Å². The van der Waals surface area contributed by atoms with Crippen molar-refractivity contribution in [3.05, 3.63) is 5.01 Å². The Hall–Kier alpha value is -1.39. The summed E-state index contributed by atoms with van der Waals surface area (Å²) in [7, 11) is 0. The minimum atomic E-state index is -0.0518. The Kier molecular flexibility index (Phi) is 5.60. The molecule has 3 fully saturated rings. The molecule has 0 radical (unpaired) electrons. The fourth-order valence-corrected chi connectivity index (χ4v) is 6.03. The third-order valence-corrected chi connectivity index (χ3v) is 7.41. The van der Waals surface area contributed by atoms with Gasteiger partial charge in [0.25, 0.3) is 0 Å². The largest absolute Gasteiger partial charge is 0.371 e. The van der Waals surface area contributed by atoms with Crippen LogP contribution in [0.4, 0.5) is 9.93 Å². The van der Waals surface area contributed by atoms with Gasteiger partial charge in [-0.15, -0.1) is 10.2 Å². The highest BCUT2D eigenvalue weighted by Crippen LogP contribution is 2.33. The van der Waals surface area contributed by atoms with Gasteiger partial charge in [-0.3, -0.25) is 4.79 Å². The molecule has 10 heteroatoms. The average molecular weight is 398 g/mol. The van der Waals surface area contributed by atoms with E-state index in [4.69, 9.17) is 4.74 Å². The molecule has 4 rings (SSSR count). The van der Waals surface area contributed by atoms with Gasteiger partial charge in [-0.2, -0.15) is 11.8 Å². The second-order valence-corrected chi connectivity index (χ2v) is 9.14. The molecule has 0 saturated carbocycles. The molecule has 0 aliphatic carbocycles. The van der Waals surface area contributed by atoms with Gasteiger partial charge in [0.2, 0.25) is 11.0 Å². The van der Waals surface area contributed by atoms with Crippen LogP contribution in [0.5, 0.6) is 0 Å². The summed E-state index contributed by atoms with van der Waals surface area (Å²) in [6.45, 7) is 0.770. The van der Waals surface area contributed by atoms with Crippen LogP contribution in [0, 0.1) is 0 Å². The summed E-state index contributed by atoms with van der Waals surface area (Å²) in [5, 5.41) is 18.8. The number of aromatic nitrogens is 2. The van der Waals surface area contributed by atoms with Crippen molar-refractivity contribution in [3.8, 4) is 0 Å². The molecule has 3 aliphatic heterocycles. The lowest BCUT2D eigenvalue weighted by molar-refractivity contribution is -0.116. The van der Waals surface area contributed by atoms with Gasteiger partial charge in [-0.05, 0) is 25.7 Å². The first-order chi connectivity index (χ1) is 12.7. The highest BCUT2D eigenvalue weighted by molar-refractivity contribution is 8.00. The average Bonchev–Trinajstić information content (AvgIpc) is 3.36. The molecule has 142 valence electrons. The molecule has 4 heterocycles. The molecule has 1 aromatic heterocycles. The number of carbonyl (C=O) groups is 2. The summed E-state index contributed by atoms with van der Waals surface area (Å²) in [6.07, 6.45) is 5.36. The zero-order valence-electron chi connectivity index (χ0n) is 14.4. The molecule has 3 amide bonds. The van der Waals surface area contributed by atoms with Crippen LogP contribution in [0.1, 0.15) is 49.6 Å². The number of rotatable bonds is 7. The monoisotopic (exact) mass is 397 g/mol. The quantitative estimate of drug-likeness (QED) is 0.480. The van der Waals surface area contributed by atoms with Crippen molar-refractivity contribution in [2.75, 3.05) is 17.7 Å². The summed E-state index contributed by atoms with van der Waals surface area (Å²) in [6, 6.07) is 0.444. The van der Waals surface area contributed by atoms with Gasteiger partial charge in [0, 0.05) is 24.0 Å². The Morgan fingerprint density at radius 2 is 2.23 bits per heavy atom. The van der Waals surface area contributed by atoms with Crippen molar-refractivity contribution in [2.24, 2.45) is 0 Å². The van der Waals surface area contributed by atoms with E-state index in [1.54, 1.807) is 0 Å². The van der Waals surface area contributed by atoms with E-state index in [0.717, 1.165) is 49.5 Å². The van der Waals surface area contributed by atoms with Gasteiger partial charge >= 0.3 is 6.03 Å². The molecule has 4 atom stereocenters. The zero-order valence-corrected chi connectivity index (χ0v) is 16.0. The van der Waals surface area contributed by atoms with Crippen molar-refractivity contribution in [2.45, 2.75) is 62.0 Å². The smallest absolute Gasteiger partial charge is 0.315 e. The molecule has 4 unspecified atom stereocenters. The van der Waals surface area contributed by atoms with E-state index in [1.165, 1.54) is 11.3 Å². The lowest BCUT2D eigenvalue weighted by Gasteiger charge is -2.16. The molecule has 3 aliphatic rings. The number of nitrogens with zero attached hydrogens (tertiary/aromatic N) is 2. The van der Waals surface area contributed by atoms with Crippen molar-refractivity contribution in [1.82, 2.24) is 20.8 Å². The molecule has 0 aromatic carbocycles. The van der Waals surface area contributed by atoms with Gasteiger partial charge in [0.05, 0.1) is 12.1 Å². The number of nitrogens with one attached hydrogen (secondary N) is 3. The number of carbonyl (C=O) groups excluding carboxylic acids is 2. The molecule has 0 bridgehead atoms. The van der Waals surface area contributed by atoms with Crippen LogP contribution in [-0.2, 0) is 9.53 Å². The van der Waals surface area contributed by atoms with Crippen LogP contribution in [0.15, 0.2) is 0 Å². The van der Waals surface area contributed by atoms with Gasteiger partial charge in [-0.25, -0.2) is 4.79 Å². The lowest BCUT2D eigenvalue weighted by atomic mass is 10.0. The Morgan fingerprint density at radius 1 is 1.31 bits per heavy atom. The second kappa shape index (κ2) is 8.10. The zero-order chi connectivity index (χ0) is 17.9. The number of fused-ring (bicyclic) bond motifs is 1. The van der Waals surface area contributed by atoms with E-state index >= 15 is 0 Å². The fourth-order valence-electron chi connectivity index (χ4n) is 3.64. The highest BCUT2D eigenvalue weighted by Gasteiger charge is 2.42. The normalized spacial score (nSPS) is 30.1.